The first-order valence-corrected chi connectivity index (χ1v) is 9.60. The van der Waals surface area contributed by atoms with Crippen LogP contribution in [0.15, 0.2) is 53.6 Å². The Morgan fingerprint density at radius 3 is 2.45 bits per heavy atom. The van der Waals surface area contributed by atoms with Gasteiger partial charge in [-0.1, -0.05) is 6.42 Å². The number of likely N-dealkylation sites (tertiary alicyclic amines) is 1. The highest BCUT2D eigenvalue weighted by Crippen LogP contribution is 2.16. The maximum atomic E-state index is 11.9. The first-order chi connectivity index (χ1) is 14.1. The Morgan fingerprint density at radius 2 is 1.79 bits per heavy atom. The summed E-state index contributed by atoms with van der Waals surface area (Å²) in [6.45, 7) is 2.64. The van der Waals surface area contributed by atoms with E-state index in [1.54, 1.807) is 18.3 Å². The highest BCUT2D eigenvalue weighted by atomic mass is 16.6. The first-order valence-electron chi connectivity index (χ1n) is 9.60. The second-order valence-corrected chi connectivity index (χ2v) is 6.91. The molecule has 2 aromatic rings. The molecule has 0 atom stereocenters. The summed E-state index contributed by atoms with van der Waals surface area (Å²) in [5.41, 5.74) is 4.30. The number of nitrogens with one attached hydrogen (secondary N) is 1. The van der Waals surface area contributed by atoms with Gasteiger partial charge in [0.15, 0.2) is 0 Å². The number of carbonyl (C=O) groups excluding carboxylic acids is 1. The van der Waals surface area contributed by atoms with Crippen molar-refractivity contribution in [3.63, 3.8) is 0 Å². The largest absolute Gasteiger partial charge is 0.489 e. The van der Waals surface area contributed by atoms with Gasteiger partial charge in [0.1, 0.15) is 12.4 Å². The number of amides is 1. The van der Waals surface area contributed by atoms with Gasteiger partial charge in [-0.25, -0.2) is 5.43 Å². The minimum Gasteiger partial charge on any atom is -0.489 e. The monoisotopic (exact) mass is 396 g/mol. The Balaban J connectivity index is 1.42. The van der Waals surface area contributed by atoms with Crippen LogP contribution in [0.25, 0.3) is 0 Å². The van der Waals surface area contributed by atoms with Crippen molar-refractivity contribution in [3.05, 3.63) is 69.8 Å². The smallest absolute Gasteiger partial charge is 0.269 e. The van der Waals surface area contributed by atoms with E-state index in [2.05, 4.69) is 15.4 Å². The summed E-state index contributed by atoms with van der Waals surface area (Å²) in [4.78, 5) is 24.3. The summed E-state index contributed by atoms with van der Waals surface area (Å²) in [7, 11) is 0. The van der Waals surface area contributed by atoms with Gasteiger partial charge in [0, 0.05) is 12.1 Å². The molecule has 1 amide bonds. The number of hydrogen-bond acceptors (Lipinski definition) is 6. The lowest BCUT2D eigenvalue weighted by Crippen LogP contribution is -2.38. The number of nitro benzene ring substituents is 1. The Labute approximate surface area is 169 Å². The maximum Gasteiger partial charge on any atom is 0.269 e. The maximum absolute atomic E-state index is 11.9. The average Bonchev–Trinajstić information content (AvgIpc) is 2.74. The molecule has 1 heterocycles. The molecule has 152 valence electrons. The van der Waals surface area contributed by atoms with Gasteiger partial charge in [-0.15, -0.1) is 0 Å². The second-order valence-electron chi connectivity index (χ2n) is 6.91. The fraction of sp³-hybridized carbons (Fsp3) is 0.333. The van der Waals surface area contributed by atoms with Crippen molar-refractivity contribution < 1.29 is 14.5 Å². The van der Waals surface area contributed by atoms with E-state index in [0.717, 1.165) is 37.1 Å². The molecule has 3 rings (SSSR count). The summed E-state index contributed by atoms with van der Waals surface area (Å²) < 4.78 is 5.69. The first kappa shape index (κ1) is 20.5. The fourth-order valence-electron chi connectivity index (χ4n) is 3.07. The van der Waals surface area contributed by atoms with E-state index in [0.29, 0.717) is 18.9 Å². The predicted octanol–water partition coefficient (Wildman–Crippen LogP) is 3.11. The molecule has 8 heteroatoms. The van der Waals surface area contributed by atoms with Crippen molar-refractivity contribution in [3.8, 4) is 5.75 Å². The van der Waals surface area contributed by atoms with Crippen LogP contribution in [0, 0.1) is 10.1 Å². The van der Waals surface area contributed by atoms with Gasteiger partial charge < -0.3 is 4.74 Å². The zero-order valence-electron chi connectivity index (χ0n) is 16.1. The van der Waals surface area contributed by atoms with Crippen LogP contribution in [-0.2, 0) is 11.4 Å². The topological polar surface area (TPSA) is 97.1 Å². The third-order valence-electron chi connectivity index (χ3n) is 4.65. The van der Waals surface area contributed by atoms with Gasteiger partial charge in [-0.05, 0) is 73.5 Å². The molecule has 0 saturated carbocycles. The molecular weight excluding hydrogens is 372 g/mol. The number of rotatable bonds is 8. The minimum atomic E-state index is -0.430. The molecule has 0 aliphatic carbocycles. The summed E-state index contributed by atoms with van der Waals surface area (Å²) in [6, 6.07) is 13.6. The highest BCUT2D eigenvalue weighted by Gasteiger charge is 2.13. The third kappa shape index (κ3) is 6.69. The molecule has 1 fully saturated rings. The van der Waals surface area contributed by atoms with Gasteiger partial charge in [-0.2, -0.15) is 5.10 Å². The number of hydrazone groups is 1. The molecule has 1 aliphatic rings. The Kier molecular flexibility index (Phi) is 7.29. The quantitative estimate of drug-likeness (QED) is 0.420. The summed E-state index contributed by atoms with van der Waals surface area (Å²) in [5, 5.41) is 14.7. The van der Waals surface area contributed by atoms with Crippen LogP contribution in [0.3, 0.4) is 0 Å². The number of piperidine rings is 1. The van der Waals surface area contributed by atoms with E-state index in [1.807, 2.05) is 24.3 Å². The molecular formula is C21H24N4O4. The normalized spacial score (nSPS) is 14.6. The van der Waals surface area contributed by atoms with Crippen molar-refractivity contribution in [1.82, 2.24) is 10.3 Å². The SMILES string of the molecule is O=C(CN1CCCCC1)N/N=C\c1ccc(OCc2ccc([N+](=O)[O-])cc2)cc1. The van der Waals surface area contributed by atoms with Gasteiger partial charge in [0.2, 0.25) is 0 Å². The van der Waals surface area contributed by atoms with Crippen LogP contribution in [0.2, 0.25) is 0 Å². The standard InChI is InChI=1S/C21H24N4O4/c26-21(15-24-12-2-1-3-13-24)23-22-14-17-6-10-20(11-7-17)29-16-18-4-8-19(9-5-18)25(27)28/h4-11,14H,1-3,12-13,15-16H2,(H,23,26)/b22-14-. The van der Waals surface area contributed by atoms with E-state index < -0.39 is 4.92 Å². The van der Waals surface area contributed by atoms with Crippen LogP contribution in [-0.4, -0.2) is 41.6 Å². The molecule has 29 heavy (non-hydrogen) atoms. The van der Waals surface area contributed by atoms with E-state index >= 15 is 0 Å². The van der Waals surface area contributed by atoms with Crippen molar-refractivity contribution in [2.24, 2.45) is 5.10 Å². The molecule has 1 N–H and O–H groups in total. The van der Waals surface area contributed by atoms with Crippen LogP contribution < -0.4 is 10.2 Å². The predicted molar refractivity (Wildman–Crippen MR) is 110 cm³/mol. The number of benzene rings is 2. The Bertz CT molecular complexity index is 844. The molecule has 1 aliphatic heterocycles. The number of nitrogens with zero attached hydrogens (tertiary/aromatic N) is 3. The molecule has 0 bridgehead atoms. The van der Waals surface area contributed by atoms with E-state index in [4.69, 9.17) is 4.74 Å². The molecule has 0 aromatic heterocycles. The van der Waals surface area contributed by atoms with Crippen LogP contribution in [0.1, 0.15) is 30.4 Å². The van der Waals surface area contributed by atoms with E-state index in [1.165, 1.54) is 18.6 Å². The molecule has 1 saturated heterocycles. The molecule has 0 radical (unpaired) electrons. The number of carbonyl (C=O) groups is 1. The number of non-ortho nitro benzene ring substituents is 1. The molecule has 0 unspecified atom stereocenters. The summed E-state index contributed by atoms with van der Waals surface area (Å²) in [5.74, 6) is 0.570. The van der Waals surface area contributed by atoms with Crippen molar-refractivity contribution >= 4 is 17.8 Å². The van der Waals surface area contributed by atoms with Gasteiger partial charge >= 0.3 is 0 Å². The summed E-state index contributed by atoms with van der Waals surface area (Å²) in [6.07, 6.45) is 5.13. The Hall–Kier alpha value is -3.26. The van der Waals surface area contributed by atoms with Crippen molar-refractivity contribution in [1.29, 1.82) is 0 Å². The second kappa shape index (κ2) is 10.3. The van der Waals surface area contributed by atoms with Gasteiger partial charge in [0.05, 0.1) is 17.7 Å². The van der Waals surface area contributed by atoms with E-state index in [-0.39, 0.29) is 11.6 Å². The lowest BCUT2D eigenvalue weighted by molar-refractivity contribution is -0.384. The van der Waals surface area contributed by atoms with Gasteiger partial charge in [-0.3, -0.25) is 19.8 Å². The molecule has 8 nitrogen and oxygen atoms in total. The average molecular weight is 396 g/mol. The lowest BCUT2D eigenvalue weighted by Gasteiger charge is -2.25. The van der Waals surface area contributed by atoms with Gasteiger partial charge in [0.25, 0.3) is 11.6 Å². The van der Waals surface area contributed by atoms with Crippen LogP contribution >= 0.6 is 0 Å². The number of hydrogen-bond donors (Lipinski definition) is 1. The van der Waals surface area contributed by atoms with Crippen molar-refractivity contribution in [2.75, 3.05) is 19.6 Å². The highest BCUT2D eigenvalue weighted by molar-refractivity contribution is 5.83. The van der Waals surface area contributed by atoms with Crippen molar-refractivity contribution in [2.45, 2.75) is 25.9 Å². The lowest BCUT2D eigenvalue weighted by atomic mass is 10.1. The van der Waals surface area contributed by atoms with Crippen LogP contribution in [0.4, 0.5) is 5.69 Å². The van der Waals surface area contributed by atoms with E-state index in [9.17, 15) is 14.9 Å². The Morgan fingerprint density at radius 1 is 1.10 bits per heavy atom. The molecule has 0 spiro atoms. The summed E-state index contributed by atoms with van der Waals surface area (Å²) >= 11 is 0. The van der Waals surface area contributed by atoms with Crippen LogP contribution in [0.5, 0.6) is 5.75 Å². The zero-order valence-corrected chi connectivity index (χ0v) is 16.1. The molecule has 2 aromatic carbocycles. The minimum absolute atomic E-state index is 0.0559. The fourth-order valence-corrected chi connectivity index (χ4v) is 3.07. The number of ether oxygens (including phenoxy) is 1. The zero-order chi connectivity index (χ0) is 20.5. The third-order valence-corrected chi connectivity index (χ3v) is 4.65. The number of nitro groups is 1.